The third-order valence-electron chi connectivity index (χ3n) is 1.59. The lowest BCUT2D eigenvalue weighted by Gasteiger charge is -2.00. The van der Waals surface area contributed by atoms with Crippen molar-refractivity contribution in [1.29, 1.82) is 0 Å². The maximum Gasteiger partial charge on any atom is 0.0754 e. The van der Waals surface area contributed by atoms with Crippen LogP contribution in [0.25, 0.3) is 0 Å². The van der Waals surface area contributed by atoms with Crippen LogP contribution in [0.4, 0.5) is 0 Å². The Bertz CT molecular complexity index is 261. The second-order valence-electron chi connectivity index (χ2n) is 2.37. The van der Waals surface area contributed by atoms with Gasteiger partial charge in [0.05, 0.1) is 6.21 Å². The fraction of sp³-hybridized carbons (Fsp3) is 0.250. The highest BCUT2D eigenvalue weighted by Gasteiger charge is 1.98. The third kappa shape index (κ3) is 1.55. The molecule has 11 heavy (non-hydrogen) atoms. The van der Waals surface area contributed by atoms with Crippen molar-refractivity contribution in [2.45, 2.75) is 13.8 Å². The molecule has 0 aliphatic carbocycles. The highest BCUT2D eigenvalue weighted by Crippen LogP contribution is 2.06. The molecule has 0 bridgehead atoms. The second-order valence-corrected chi connectivity index (χ2v) is 2.37. The summed E-state index contributed by atoms with van der Waals surface area (Å²) in [7, 11) is 0. The fourth-order valence-corrected chi connectivity index (χ4v) is 0.959. The summed E-state index contributed by atoms with van der Waals surface area (Å²) in [5, 5.41) is 11.3. The molecular weight excluding hydrogens is 140 g/mol. The van der Waals surface area contributed by atoms with E-state index < -0.39 is 0 Å². The Balaban J connectivity index is 3.20. The van der Waals surface area contributed by atoms with E-state index in [-0.39, 0.29) is 0 Å². The number of pyridine rings is 1. The maximum atomic E-state index is 8.31. The van der Waals surface area contributed by atoms with Crippen LogP contribution in [0, 0.1) is 13.8 Å². The average molecular weight is 150 g/mol. The number of rotatable bonds is 1. The summed E-state index contributed by atoms with van der Waals surface area (Å²) in [5.41, 5.74) is 2.83. The molecule has 0 saturated carbocycles. The van der Waals surface area contributed by atoms with Crippen molar-refractivity contribution in [3.63, 3.8) is 0 Å². The molecular formula is C8H10N2O. The minimum absolute atomic E-state index is 0.878. The van der Waals surface area contributed by atoms with Gasteiger partial charge in [-0.25, -0.2) is 0 Å². The van der Waals surface area contributed by atoms with Crippen molar-refractivity contribution >= 4 is 6.21 Å². The molecule has 1 heterocycles. The average Bonchev–Trinajstić information content (AvgIpc) is 1.97. The summed E-state index contributed by atoms with van der Waals surface area (Å²) in [5.74, 6) is 0. The van der Waals surface area contributed by atoms with Gasteiger partial charge in [0, 0.05) is 17.5 Å². The molecule has 0 aliphatic heterocycles. The van der Waals surface area contributed by atoms with Crippen LogP contribution in [-0.4, -0.2) is 16.4 Å². The molecule has 0 fully saturated rings. The van der Waals surface area contributed by atoms with Crippen LogP contribution in [0.15, 0.2) is 17.4 Å². The van der Waals surface area contributed by atoms with Gasteiger partial charge in [0.2, 0.25) is 0 Å². The van der Waals surface area contributed by atoms with E-state index in [9.17, 15) is 0 Å². The molecule has 0 aromatic carbocycles. The molecule has 3 nitrogen and oxygen atoms in total. The van der Waals surface area contributed by atoms with Gasteiger partial charge in [-0.05, 0) is 25.5 Å². The zero-order chi connectivity index (χ0) is 8.27. The Kier molecular flexibility index (Phi) is 2.21. The van der Waals surface area contributed by atoms with Gasteiger partial charge in [-0.1, -0.05) is 5.16 Å². The van der Waals surface area contributed by atoms with Crippen LogP contribution in [0.3, 0.4) is 0 Å². The van der Waals surface area contributed by atoms with Crippen molar-refractivity contribution in [3.05, 3.63) is 29.1 Å². The van der Waals surface area contributed by atoms with Crippen LogP contribution < -0.4 is 0 Å². The number of hydrogen-bond donors (Lipinski definition) is 1. The molecule has 0 unspecified atom stereocenters. The zero-order valence-corrected chi connectivity index (χ0v) is 6.57. The molecule has 0 atom stereocenters. The summed E-state index contributed by atoms with van der Waals surface area (Å²) >= 11 is 0. The first-order valence-electron chi connectivity index (χ1n) is 3.35. The number of nitrogens with zero attached hydrogens (tertiary/aromatic N) is 2. The van der Waals surface area contributed by atoms with Crippen molar-refractivity contribution < 1.29 is 5.21 Å². The number of hydrogen-bond acceptors (Lipinski definition) is 3. The van der Waals surface area contributed by atoms with Crippen LogP contribution >= 0.6 is 0 Å². The number of aromatic nitrogens is 1. The number of aryl methyl sites for hydroxylation is 2. The lowest BCUT2D eigenvalue weighted by atomic mass is 10.1. The predicted molar refractivity (Wildman–Crippen MR) is 43.1 cm³/mol. The quantitative estimate of drug-likeness (QED) is 0.374. The molecule has 0 saturated heterocycles. The van der Waals surface area contributed by atoms with E-state index in [1.165, 1.54) is 6.21 Å². The predicted octanol–water partition coefficient (Wildman–Crippen LogP) is 1.51. The Morgan fingerprint density at radius 2 is 2.27 bits per heavy atom. The van der Waals surface area contributed by atoms with Gasteiger partial charge in [-0.2, -0.15) is 0 Å². The molecule has 1 aromatic rings. The number of oxime groups is 1. The van der Waals surface area contributed by atoms with E-state index in [0.717, 1.165) is 16.8 Å². The van der Waals surface area contributed by atoms with Gasteiger partial charge < -0.3 is 5.21 Å². The van der Waals surface area contributed by atoms with Gasteiger partial charge in [-0.15, -0.1) is 0 Å². The van der Waals surface area contributed by atoms with Crippen molar-refractivity contribution in [1.82, 2.24) is 4.98 Å². The standard InChI is InChI=1S/C8H10N2O/c1-6-3-4-9-7(2)8(6)5-10-11/h3-5,11H,1-2H3/b10-5+. The van der Waals surface area contributed by atoms with Crippen LogP contribution in [0.1, 0.15) is 16.8 Å². The second kappa shape index (κ2) is 3.14. The molecule has 58 valence electrons. The summed E-state index contributed by atoms with van der Waals surface area (Å²) < 4.78 is 0. The highest BCUT2D eigenvalue weighted by molar-refractivity contribution is 5.82. The molecule has 1 aromatic heterocycles. The van der Waals surface area contributed by atoms with E-state index in [1.807, 2.05) is 19.9 Å². The Morgan fingerprint density at radius 3 is 2.82 bits per heavy atom. The summed E-state index contributed by atoms with van der Waals surface area (Å²) in [6, 6.07) is 1.88. The van der Waals surface area contributed by atoms with Gasteiger partial charge in [0.15, 0.2) is 0 Å². The highest BCUT2D eigenvalue weighted by atomic mass is 16.4. The molecule has 0 spiro atoms. The smallest absolute Gasteiger partial charge is 0.0754 e. The summed E-state index contributed by atoms with van der Waals surface area (Å²) in [6.45, 7) is 3.83. The topological polar surface area (TPSA) is 45.5 Å². The molecule has 0 aliphatic rings. The molecule has 1 N–H and O–H groups in total. The van der Waals surface area contributed by atoms with Crippen LogP contribution in [0.2, 0.25) is 0 Å². The first kappa shape index (κ1) is 7.72. The van der Waals surface area contributed by atoms with Crippen molar-refractivity contribution in [3.8, 4) is 0 Å². The maximum absolute atomic E-state index is 8.31. The fourth-order valence-electron chi connectivity index (χ4n) is 0.959. The first-order chi connectivity index (χ1) is 5.25. The van der Waals surface area contributed by atoms with Gasteiger partial charge in [0.25, 0.3) is 0 Å². The molecule has 0 amide bonds. The summed E-state index contributed by atoms with van der Waals surface area (Å²) in [6.07, 6.45) is 3.14. The Labute approximate surface area is 65.4 Å². The molecule has 3 heteroatoms. The van der Waals surface area contributed by atoms with Crippen molar-refractivity contribution in [2.24, 2.45) is 5.16 Å². The normalized spacial score (nSPS) is 10.7. The monoisotopic (exact) mass is 150 g/mol. The Morgan fingerprint density at radius 1 is 1.55 bits per heavy atom. The van der Waals surface area contributed by atoms with E-state index in [4.69, 9.17) is 5.21 Å². The van der Waals surface area contributed by atoms with Crippen LogP contribution in [-0.2, 0) is 0 Å². The summed E-state index contributed by atoms with van der Waals surface area (Å²) in [4.78, 5) is 4.06. The molecule has 0 radical (unpaired) electrons. The van der Waals surface area contributed by atoms with Gasteiger partial charge >= 0.3 is 0 Å². The van der Waals surface area contributed by atoms with Gasteiger partial charge in [-0.3, -0.25) is 4.98 Å². The third-order valence-corrected chi connectivity index (χ3v) is 1.59. The van der Waals surface area contributed by atoms with Crippen molar-refractivity contribution in [2.75, 3.05) is 0 Å². The largest absolute Gasteiger partial charge is 0.411 e. The SMILES string of the molecule is Cc1ccnc(C)c1/C=N/O. The van der Waals surface area contributed by atoms with E-state index in [2.05, 4.69) is 10.1 Å². The van der Waals surface area contributed by atoms with E-state index in [1.54, 1.807) is 6.20 Å². The Hall–Kier alpha value is -1.38. The minimum Gasteiger partial charge on any atom is -0.411 e. The molecule has 1 rings (SSSR count). The van der Waals surface area contributed by atoms with E-state index in [0.29, 0.717) is 0 Å². The van der Waals surface area contributed by atoms with Crippen LogP contribution in [0.5, 0.6) is 0 Å². The lowest BCUT2D eigenvalue weighted by molar-refractivity contribution is 0.322. The lowest BCUT2D eigenvalue weighted by Crippen LogP contribution is -1.94. The zero-order valence-electron chi connectivity index (χ0n) is 6.57. The van der Waals surface area contributed by atoms with E-state index >= 15 is 0 Å². The van der Waals surface area contributed by atoms with Gasteiger partial charge in [0.1, 0.15) is 0 Å². The first-order valence-corrected chi connectivity index (χ1v) is 3.35. The minimum atomic E-state index is 0.878.